The number of benzene rings is 1. The van der Waals surface area contributed by atoms with Gasteiger partial charge >= 0.3 is 0 Å². The lowest BCUT2D eigenvalue weighted by Gasteiger charge is -2.30. The van der Waals surface area contributed by atoms with E-state index >= 15 is 0 Å². The first kappa shape index (κ1) is 18.0. The number of fused-ring (bicyclic) bond motifs is 2. The maximum absolute atomic E-state index is 12.9. The minimum absolute atomic E-state index is 0.394. The van der Waals surface area contributed by atoms with E-state index in [4.69, 9.17) is 0 Å². The molecule has 0 radical (unpaired) electrons. The largest absolute Gasteiger partial charge is 0.341 e. The molecule has 1 aromatic carbocycles. The van der Waals surface area contributed by atoms with E-state index < -0.39 is 0 Å². The third-order valence-corrected chi connectivity index (χ3v) is 6.71. The van der Waals surface area contributed by atoms with Crippen LogP contribution in [0.2, 0.25) is 0 Å². The Morgan fingerprint density at radius 1 is 1.04 bits per heavy atom. The Kier molecular flexibility index (Phi) is 5.60. The number of amides is 1. The van der Waals surface area contributed by atoms with E-state index in [9.17, 15) is 4.79 Å². The van der Waals surface area contributed by atoms with Gasteiger partial charge in [-0.25, -0.2) is 0 Å². The maximum Gasteiger partial charge on any atom is 0.222 e. The molecular weight excluding hydrogens is 322 g/mol. The van der Waals surface area contributed by atoms with Gasteiger partial charge in [0.05, 0.1) is 0 Å². The number of piperidine rings is 1. The molecule has 3 saturated heterocycles. The van der Waals surface area contributed by atoms with Crippen molar-refractivity contribution < 1.29 is 4.79 Å². The van der Waals surface area contributed by atoms with Gasteiger partial charge in [0, 0.05) is 50.7 Å². The minimum Gasteiger partial charge on any atom is -0.341 e. The first-order chi connectivity index (χ1) is 12.7. The standard InChI is InChI=1S/C22H33N3O/c1-17-9-10-24(11-12-25(17)16-18-5-3-2-4-6-18)22(26)15-19-13-20-7-8-21(14-19)23-20/h2-6,17,19-21,23H,7-16H2,1H3. The third kappa shape index (κ3) is 4.29. The number of carbonyl (C=O) groups is 1. The van der Waals surface area contributed by atoms with Crippen molar-refractivity contribution in [3.63, 3.8) is 0 Å². The minimum atomic E-state index is 0.394. The molecule has 0 aliphatic carbocycles. The number of nitrogens with one attached hydrogen (secondary N) is 1. The van der Waals surface area contributed by atoms with Gasteiger partial charge in [-0.15, -0.1) is 0 Å². The molecule has 3 atom stereocenters. The summed E-state index contributed by atoms with van der Waals surface area (Å²) in [6.07, 6.45) is 6.87. The predicted octanol–water partition coefficient (Wildman–Crippen LogP) is 3.03. The van der Waals surface area contributed by atoms with Gasteiger partial charge in [0.15, 0.2) is 0 Å². The average Bonchev–Trinajstić information content (AvgIpc) is 2.87. The zero-order chi connectivity index (χ0) is 17.9. The molecule has 0 aromatic heterocycles. The van der Waals surface area contributed by atoms with Crippen molar-refractivity contribution in [3.05, 3.63) is 35.9 Å². The van der Waals surface area contributed by atoms with Gasteiger partial charge in [-0.2, -0.15) is 0 Å². The Morgan fingerprint density at radius 3 is 2.50 bits per heavy atom. The van der Waals surface area contributed by atoms with Crippen LogP contribution < -0.4 is 5.32 Å². The Morgan fingerprint density at radius 2 is 1.77 bits per heavy atom. The Hall–Kier alpha value is -1.39. The van der Waals surface area contributed by atoms with Crippen LogP contribution in [0.25, 0.3) is 0 Å². The lowest BCUT2D eigenvalue weighted by molar-refractivity contribution is -0.132. The molecule has 0 spiro atoms. The van der Waals surface area contributed by atoms with E-state index in [1.807, 2.05) is 0 Å². The zero-order valence-corrected chi connectivity index (χ0v) is 16.1. The molecular formula is C22H33N3O. The predicted molar refractivity (Wildman–Crippen MR) is 105 cm³/mol. The number of hydrogen-bond donors (Lipinski definition) is 1. The van der Waals surface area contributed by atoms with E-state index in [0.717, 1.165) is 39.0 Å². The lowest BCUT2D eigenvalue weighted by atomic mass is 9.89. The van der Waals surface area contributed by atoms with Gasteiger partial charge in [-0.05, 0) is 50.5 Å². The van der Waals surface area contributed by atoms with Gasteiger partial charge in [-0.3, -0.25) is 9.69 Å². The van der Waals surface area contributed by atoms with Crippen LogP contribution in [0.1, 0.15) is 51.0 Å². The summed E-state index contributed by atoms with van der Waals surface area (Å²) in [4.78, 5) is 17.6. The van der Waals surface area contributed by atoms with Crippen LogP contribution in [-0.4, -0.2) is 53.5 Å². The summed E-state index contributed by atoms with van der Waals surface area (Å²) in [6.45, 7) is 6.08. The third-order valence-electron chi connectivity index (χ3n) is 6.71. The van der Waals surface area contributed by atoms with Crippen molar-refractivity contribution in [2.75, 3.05) is 19.6 Å². The van der Waals surface area contributed by atoms with E-state index in [0.29, 0.717) is 30.0 Å². The number of rotatable bonds is 4. The Bertz CT molecular complexity index is 593. The number of carbonyl (C=O) groups excluding carboxylic acids is 1. The molecule has 142 valence electrons. The van der Waals surface area contributed by atoms with Crippen LogP contribution in [-0.2, 0) is 11.3 Å². The number of nitrogens with zero attached hydrogens (tertiary/aromatic N) is 2. The monoisotopic (exact) mass is 355 g/mol. The fourth-order valence-corrected chi connectivity index (χ4v) is 5.13. The SMILES string of the molecule is CC1CCN(C(=O)CC2CC3CCC(C2)N3)CCN1Cc1ccccc1. The Labute approximate surface area is 157 Å². The lowest BCUT2D eigenvalue weighted by Crippen LogP contribution is -2.41. The van der Waals surface area contributed by atoms with Crippen molar-refractivity contribution >= 4 is 5.91 Å². The van der Waals surface area contributed by atoms with Crippen molar-refractivity contribution in [3.8, 4) is 0 Å². The van der Waals surface area contributed by atoms with Crippen molar-refractivity contribution in [2.24, 2.45) is 5.92 Å². The second kappa shape index (κ2) is 8.10. The summed E-state index contributed by atoms with van der Waals surface area (Å²) in [7, 11) is 0. The molecule has 3 fully saturated rings. The Balaban J connectivity index is 1.30. The molecule has 1 N–H and O–H groups in total. The highest BCUT2D eigenvalue weighted by Gasteiger charge is 2.35. The molecule has 26 heavy (non-hydrogen) atoms. The van der Waals surface area contributed by atoms with E-state index in [2.05, 4.69) is 52.4 Å². The normalized spacial score (nSPS) is 32.4. The maximum atomic E-state index is 12.9. The second-order valence-corrected chi connectivity index (χ2v) is 8.65. The van der Waals surface area contributed by atoms with Gasteiger partial charge in [0.1, 0.15) is 0 Å². The quantitative estimate of drug-likeness (QED) is 0.902. The average molecular weight is 356 g/mol. The fraction of sp³-hybridized carbons (Fsp3) is 0.682. The first-order valence-corrected chi connectivity index (χ1v) is 10.5. The molecule has 4 nitrogen and oxygen atoms in total. The summed E-state index contributed by atoms with van der Waals surface area (Å²) in [5.74, 6) is 0.993. The van der Waals surface area contributed by atoms with Gasteiger partial charge < -0.3 is 10.2 Å². The van der Waals surface area contributed by atoms with Crippen LogP contribution in [0.3, 0.4) is 0 Å². The second-order valence-electron chi connectivity index (χ2n) is 8.65. The molecule has 4 rings (SSSR count). The van der Waals surface area contributed by atoms with Crippen molar-refractivity contribution in [1.82, 2.24) is 15.1 Å². The number of hydrogen-bond acceptors (Lipinski definition) is 3. The van der Waals surface area contributed by atoms with Crippen LogP contribution in [0.4, 0.5) is 0 Å². The summed E-state index contributed by atoms with van der Waals surface area (Å²) in [5, 5.41) is 3.69. The van der Waals surface area contributed by atoms with Crippen LogP contribution in [0.15, 0.2) is 30.3 Å². The highest BCUT2D eigenvalue weighted by atomic mass is 16.2. The van der Waals surface area contributed by atoms with E-state index in [1.165, 1.54) is 31.2 Å². The molecule has 4 heteroatoms. The van der Waals surface area contributed by atoms with Crippen molar-refractivity contribution in [2.45, 2.75) is 70.1 Å². The molecule has 1 aromatic rings. The van der Waals surface area contributed by atoms with Crippen LogP contribution in [0, 0.1) is 5.92 Å². The molecule has 3 aliphatic heterocycles. The fourth-order valence-electron chi connectivity index (χ4n) is 5.13. The smallest absolute Gasteiger partial charge is 0.222 e. The summed E-state index contributed by atoms with van der Waals surface area (Å²) in [6, 6.07) is 12.6. The molecule has 3 unspecified atom stereocenters. The first-order valence-electron chi connectivity index (χ1n) is 10.5. The zero-order valence-electron chi connectivity index (χ0n) is 16.1. The highest BCUT2D eigenvalue weighted by Crippen LogP contribution is 2.33. The molecule has 3 aliphatic rings. The molecule has 1 amide bonds. The summed E-state index contributed by atoms with van der Waals surface area (Å²) >= 11 is 0. The molecule has 2 bridgehead atoms. The molecule has 0 saturated carbocycles. The van der Waals surface area contributed by atoms with E-state index in [-0.39, 0.29) is 0 Å². The van der Waals surface area contributed by atoms with Gasteiger partial charge in [-0.1, -0.05) is 30.3 Å². The van der Waals surface area contributed by atoms with Gasteiger partial charge in [0.2, 0.25) is 5.91 Å². The van der Waals surface area contributed by atoms with Gasteiger partial charge in [0.25, 0.3) is 0 Å². The topological polar surface area (TPSA) is 35.6 Å². The van der Waals surface area contributed by atoms with Crippen molar-refractivity contribution in [1.29, 1.82) is 0 Å². The molecule has 3 heterocycles. The van der Waals surface area contributed by atoms with E-state index in [1.54, 1.807) is 0 Å². The summed E-state index contributed by atoms with van der Waals surface area (Å²) in [5.41, 5.74) is 1.37. The van der Waals surface area contributed by atoms with Crippen LogP contribution >= 0.6 is 0 Å². The van der Waals surface area contributed by atoms with Crippen LogP contribution in [0.5, 0.6) is 0 Å². The highest BCUT2D eigenvalue weighted by molar-refractivity contribution is 5.76. The summed E-state index contributed by atoms with van der Waals surface area (Å²) < 4.78 is 0.